The summed E-state index contributed by atoms with van der Waals surface area (Å²) in [6.07, 6.45) is 2.48. The molecule has 4 heteroatoms. The molecule has 2 heterocycles. The molecule has 1 fully saturated rings. The SMILES string of the molecule is CS(=N)(=O)c1ccccc1[C@@H]1C[C@@H]2O[C@H]1c1cc3ccccc3cc12. The van der Waals surface area contributed by atoms with Crippen LogP contribution in [0.2, 0.25) is 0 Å². The highest BCUT2D eigenvalue weighted by atomic mass is 32.2. The van der Waals surface area contributed by atoms with Crippen LogP contribution in [0.1, 0.15) is 41.2 Å². The van der Waals surface area contributed by atoms with Crippen LogP contribution in [0, 0.1) is 4.78 Å². The molecule has 25 heavy (non-hydrogen) atoms. The van der Waals surface area contributed by atoms with E-state index in [1.54, 1.807) is 0 Å². The summed E-state index contributed by atoms with van der Waals surface area (Å²) in [4.78, 5) is 0.651. The minimum absolute atomic E-state index is 0.00694. The Hall–Kier alpha value is -2.17. The molecule has 1 N–H and O–H groups in total. The third kappa shape index (κ3) is 2.25. The Morgan fingerprint density at radius 2 is 1.60 bits per heavy atom. The Labute approximate surface area is 147 Å². The van der Waals surface area contributed by atoms with Gasteiger partial charge < -0.3 is 4.74 Å². The van der Waals surface area contributed by atoms with E-state index in [-0.39, 0.29) is 18.1 Å². The normalized spacial score (nSPS) is 26.5. The summed E-state index contributed by atoms with van der Waals surface area (Å²) in [7, 11) is -2.76. The van der Waals surface area contributed by atoms with Gasteiger partial charge in [0, 0.05) is 12.2 Å². The van der Waals surface area contributed by atoms with Gasteiger partial charge in [0.05, 0.1) is 26.8 Å². The van der Waals surface area contributed by atoms with Gasteiger partial charge in [0.25, 0.3) is 0 Å². The smallest absolute Gasteiger partial charge is 0.0907 e. The van der Waals surface area contributed by atoms with E-state index in [0.717, 1.165) is 12.0 Å². The van der Waals surface area contributed by atoms with E-state index < -0.39 is 9.73 Å². The molecule has 0 amide bonds. The predicted molar refractivity (Wildman–Crippen MR) is 99.4 cm³/mol. The van der Waals surface area contributed by atoms with Crippen molar-refractivity contribution in [3.63, 3.8) is 0 Å². The first-order chi connectivity index (χ1) is 12.0. The summed E-state index contributed by atoms with van der Waals surface area (Å²) < 4.78 is 26.8. The number of nitrogens with one attached hydrogen (secondary N) is 1. The Bertz CT molecular complexity index is 1100. The molecule has 1 unspecified atom stereocenters. The summed E-state index contributed by atoms with van der Waals surface area (Å²) in [5.41, 5.74) is 3.55. The van der Waals surface area contributed by atoms with E-state index in [1.807, 2.05) is 24.3 Å². The number of hydrogen-bond donors (Lipinski definition) is 1. The molecule has 0 saturated carbocycles. The molecule has 0 aliphatic carbocycles. The third-order valence-electron chi connectivity index (χ3n) is 5.49. The van der Waals surface area contributed by atoms with Gasteiger partial charge in [-0.15, -0.1) is 0 Å². The van der Waals surface area contributed by atoms with Gasteiger partial charge in [-0.25, -0.2) is 8.99 Å². The molecule has 3 aromatic rings. The van der Waals surface area contributed by atoms with Crippen molar-refractivity contribution in [1.29, 1.82) is 4.78 Å². The maximum absolute atomic E-state index is 12.4. The van der Waals surface area contributed by atoms with Crippen molar-refractivity contribution in [1.82, 2.24) is 0 Å². The monoisotopic (exact) mass is 349 g/mol. The van der Waals surface area contributed by atoms with Gasteiger partial charge in [-0.1, -0.05) is 42.5 Å². The van der Waals surface area contributed by atoms with Crippen LogP contribution in [0.4, 0.5) is 0 Å². The summed E-state index contributed by atoms with van der Waals surface area (Å²) >= 11 is 0. The summed E-state index contributed by atoms with van der Waals surface area (Å²) in [6, 6.07) is 20.6. The van der Waals surface area contributed by atoms with Gasteiger partial charge in [0.1, 0.15) is 0 Å². The minimum atomic E-state index is -2.76. The van der Waals surface area contributed by atoms with Gasteiger partial charge in [0.15, 0.2) is 0 Å². The minimum Gasteiger partial charge on any atom is -0.365 e. The molecule has 2 aliphatic heterocycles. The van der Waals surface area contributed by atoms with E-state index in [9.17, 15) is 4.21 Å². The van der Waals surface area contributed by atoms with Crippen molar-refractivity contribution >= 4 is 20.5 Å². The molecule has 0 spiro atoms. The molecule has 126 valence electrons. The third-order valence-corrected chi connectivity index (χ3v) is 6.70. The average molecular weight is 349 g/mol. The Balaban J connectivity index is 1.65. The van der Waals surface area contributed by atoms with Crippen molar-refractivity contribution in [3.8, 4) is 0 Å². The first-order valence-corrected chi connectivity index (χ1v) is 10.5. The lowest BCUT2D eigenvalue weighted by molar-refractivity contribution is 0.0673. The fraction of sp³-hybridized carbons (Fsp3) is 0.238. The van der Waals surface area contributed by atoms with Crippen LogP contribution in [-0.2, 0) is 14.5 Å². The van der Waals surface area contributed by atoms with Gasteiger partial charge in [0.2, 0.25) is 0 Å². The van der Waals surface area contributed by atoms with Crippen molar-refractivity contribution in [3.05, 3.63) is 77.4 Å². The van der Waals surface area contributed by atoms with Crippen molar-refractivity contribution in [2.24, 2.45) is 0 Å². The quantitative estimate of drug-likeness (QED) is 0.693. The molecule has 5 rings (SSSR count). The molecular weight excluding hydrogens is 330 g/mol. The van der Waals surface area contributed by atoms with Gasteiger partial charge in [-0.05, 0) is 52.1 Å². The zero-order chi connectivity index (χ0) is 17.2. The highest BCUT2D eigenvalue weighted by molar-refractivity contribution is 7.91. The molecule has 2 aliphatic rings. The van der Waals surface area contributed by atoms with E-state index in [1.165, 1.54) is 28.2 Å². The zero-order valence-electron chi connectivity index (χ0n) is 13.9. The number of benzene rings is 3. The van der Waals surface area contributed by atoms with Crippen molar-refractivity contribution in [2.45, 2.75) is 29.4 Å². The van der Waals surface area contributed by atoms with Crippen LogP contribution in [-0.4, -0.2) is 10.5 Å². The number of hydrogen-bond acceptors (Lipinski definition) is 3. The molecule has 3 aromatic carbocycles. The molecule has 3 nitrogen and oxygen atoms in total. The first-order valence-electron chi connectivity index (χ1n) is 8.53. The zero-order valence-corrected chi connectivity index (χ0v) is 14.8. The van der Waals surface area contributed by atoms with E-state index in [2.05, 4.69) is 36.4 Å². The number of ether oxygens (including phenoxy) is 1. The summed E-state index contributed by atoms with van der Waals surface area (Å²) in [5.74, 6) is 0.168. The second kappa shape index (κ2) is 5.16. The second-order valence-electron chi connectivity index (χ2n) is 7.10. The average Bonchev–Trinajstić information content (AvgIpc) is 3.18. The van der Waals surface area contributed by atoms with Crippen LogP contribution in [0.5, 0.6) is 0 Å². The lowest BCUT2D eigenvalue weighted by Crippen LogP contribution is -2.12. The molecule has 1 saturated heterocycles. The molecule has 0 aromatic heterocycles. The molecule has 2 bridgehead atoms. The van der Waals surface area contributed by atoms with Crippen LogP contribution in [0.3, 0.4) is 0 Å². The summed E-state index contributed by atoms with van der Waals surface area (Å²) in [6.45, 7) is 0. The van der Waals surface area contributed by atoms with E-state index >= 15 is 0 Å². The van der Waals surface area contributed by atoms with Crippen molar-refractivity contribution in [2.75, 3.05) is 6.26 Å². The molecule has 4 atom stereocenters. The summed E-state index contributed by atoms with van der Waals surface area (Å²) in [5, 5.41) is 2.47. The highest BCUT2D eigenvalue weighted by Crippen LogP contribution is 2.58. The van der Waals surface area contributed by atoms with Gasteiger partial charge in [-0.3, -0.25) is 0 Å². The van der Waals surface area contributed by atoms with Gasteiger partial charge >= 0.3 is 0 Å². The lowest BCUT2D eigenvalue weighted by Gasteiger charge is -2.24. The van der Waals surface area contributed by atoms with Crippen molar-refractivity contribution < 1.29 is 8.95 Å². The molecular formula is C21H19NO2S. The Kier molecular flexibility index (Phi) is 3.12. The van der Waals surface area contributed by atoms with Gasteiger partial charge in [-0.2, -0.15) is 0 Å². The van der Waals surface area contributed by atoms with Crippen LogP contribution in [0.25, 0.3) is 10.8 Å². The number of fused-ring (bicyclic) bond motifs is 6. The van der Waals surface area contributed by atoms with E-state index in [4.69, 9.17) is 9.52 Å². The standard InChI is InChI=1S/C21H19NO2S/c1-25(22,23)20-9-5-4-8-15(20)18-12-19-16-10-13-6-2-3-7-14(13)11-17(16)21(18)24-19/h2-11,18-19,21-22H,12H2,1H3/t18-,19-,21-,25?/m0/s1. The lowest BCUT2D eigenvalue weighted by atomic mass is 9.79. The first kappa shape index (κ1) is 15.1. The number of rotatable bonds is 2. The maximum atomic E-state index is 12.4. The topological polar surface area (TPSA) is 50.2 Å². The maximum Gasteiger partial charge on any atom is 0.0907 e. The fourth-order valence-corrected chi connectivity index (χ4v) is 5.41. The molecule has 0 radical (unpaired) electrons. The fourth-order valence-electron chi connectivity index (χ4n) is 4.40. The highest BCUT2D eigenvalue weighted by Gasteiger charge is 2.46. The predicted octanol–water partition coefficient (Wildman–Crippen LogP) is 5.18. The largest absolute Gasteiger partial charge is 0.365 e. The van der Waals surface area contributed by atoms with Crippen LogP contribution >= 0.6 is 0 Å². The van der Waals surface area contributed by atoms with Crippen LogP contribution in [0.15, 0.2) is 65.6 Å². The Morgan fingerprint density at radius 3 is 2.32 bits per heavy atom. The van der Waals surface area contributed by atoms with Crippen LogP contribution < -0.4 is 0 Å². The second-order valence-corrected chi connectivity index (χ2v) is 9.22. The Morgan fingerprint density at radius 1 is 0.960 bits per heavy atom. The van der Waals surface area contributed by atoms with E-state index in [0.29, 0.717) is 4.90 Å².